The molecule has 9 heteroatoms. The zero-order chi connectivity index (χ0) is 36.2. The van der Waals surface area contributed by atoms with Gasteiger partial charge in [-0.15, -0.1) is 0 Å². The van der Waals surface area contributed by atoms with Gasteiger partial charge in [0.2, 0.25) is 0 Å². The van der Waals surface area contributed by atoms with Crippen LogP contribution in [0.1, 0.15) is 59.5 Å². The van der Waals surface area contributed by atoms with E-state index in [4.69, 9.17) is 11.6 Å². The van der Waals surface area contributed by atoms with Gasteiger partial charge in [0.1, 0.15) is 11.6 Å². The number of nitrogens with one attached hydrogen (secondary N) is 1. The minimum atomic E-state index is -0.569. The van der Waals surface area contributed by atoms with Crippen molar-refractivity contribution in [1.29, 1.82) is 0 Å². The molecule has 1 amide bonds. The van der Waals surface area contributed by atoms with Crippen molar-refractivity contribution < 1.29 is 18.4 Å². The standard InChI is InChI=1S/C20H25FN2O.C13H22N2.C7H4ClFO/c1-4-22(5-2)14-15-23(19-12-6-16(3)7-13-19)20(24)17-8-10-18(21)11-9-17;1-4-15(5-2)11-10-14-13-8-6-12(3)7-9-13;8-7(10)5-1-3-6(9)4-2-5/h6-13H,4-5,14-15H2,1-3H3;6-9,14H,4-5,10-11H2,1-3H3;1-4H. The van der Waals surface area contributed by atoms with Crippen LogP contribution in [0.15, 0.2) is 97.1 Å². The fraction of sp³-hybridized carbons (Fsp3) is 0.350. The number of rotatable bonds is 14. The summed E-state index contributed by atoms with van der Waals surface area (Å²) in [7, 11) is 0. The Bertz CT molecular complexity index is 1510. The number of hydrogen-bond donors (Lipinski definition) is 1. The summed E-state index contributed by atoms with van der Waals surface area (Å²) in [5, 5.41) is 2.86. The molecule has 0 unspecified atom stereocenters. The van der Waals surface area contributed by atoms with E-state index in [9.17, 15) is 18.4 Å². The predicted octanol–water partition coefficient (Wildman–Crippen LogP) is 9.08. The molecule has 0 saturated carbocycles. The minimum Gasteiger partial charge on any atom is -0.384 e. The van der Waals surface area contributed by atoms with Gasteiger partial charge in [-0.2, -0.15) is 0 Å². The first-order valence-corrected chi connectivity index (χ1v) is 17.2. The van der Waals surface area contributed by atoms with Gasteiger partial charge in [0.25, 0.3) is 11.1 Å². The average molecular weight is 693 g/mol. The van der Waals surface area contributed by atoms with E-state index in [-0.39, 0.29) is 17.5 Å². The molecule has 0 aliphatic carbocycles. The molecule has 4 rings (SSSR count). The summed E-state index contributed by atoms with van der Waals surface area (Å²) in [5.41, 5.74) is 5.34. The van der Waals surface area contributed by atoms with Gasteiger partial charge in [-0.1, -0.05) is 63.1 Å². The van der Waals surface area contributed by atoms with E-state index in [1.807, 2.05) is 31.2 Å². The van der Waals surface area contributed by atoms with Gasteiger partial charge in [-0.3, -0.25) is 9.59 Å². The number of aryl methyl sites for hydroxylation is 2. The molecule has 0 fully saturated rings. The van der Waals surface area contributed by atoms with E-state index in [0.29, 0.717) is 17.7 Å². The van der Waals surface area contributed by atoms with Crippen LogP contribution in [0.4, 0.5) is 20.2 Å². The first-order valence-electron chi connectivity index (χ1n) is 16.9. The molecule has 0 heterocycles. The Morgan fingerprint density at radius 3 is 1.47 bits per heavy atom. The van der Waals surface area contributed by atoms with Crippen LogP contribution in [-0.2, 0) is 0 Å². The molecule has 0 aliphatic heterocycles. The molecular formula is C40H51ClF2N4O2. The molecule has 264 valence electrons. The summed E-state index contributed by atoms with van der Waals surface area (Å²) in [5.74, 6) is -0.816. The van der Waals surface area contributed by atoms with Crippen molar-refractivity contribution in [1.82, 2.24) is 9.80 Å². The summed E-state index contributed by atoms with van der Waals surface area (Å²) in [6.45, 7) is 20.4. The molecule has 0 bridgehead atoms. The summed E-state index contributed by atoms with van der Waals surface area (Å²) in [6.07, 6.45) is 0. The maximum absolute atomic E-state index is 13.1. The van der Waals surface area contributed by atoms with E-state index in [0.717, 1.165) is 57.1 Å². The number of benzene rings is 4. The van der Waals surface area contributed by atoms with Crippen LogP contribution in [-0.4, -0.2) is 73.3 Å². The van der Waals surface area contributed by atoms with Crippen molar-refractivity contribution in [3.63, 3.8) is 0 Å². The van der Waals surface area contributed by atoms with Gasteiger partial charge in [0.05, 0.1) is 0 Å². The van der Waals surface area contributed by atoms with Crippen molar-refractivity contribution >= 4 is 34.1 Å². The van der Waals surface area contributed by atoms with Crippen molar-refractivity contribution in [2.45, 2.75) is 41.5 Å². The van der Waals surface area contributed by atoms with Gasteiger partial charge in [0, 0.05) is 48.7 Å². The van der Waals surface area contributed by atoms with Gasteiger partial charge in [-0.05, 0) is 124 Å². The Balaban J connectivity index is 0.000000283. The number of anilines is 2. The molecule has 6 nitrogen and oxygen atoms in total. The van der Waals surface area contributed by atoms with Gasteiger partial charge < -0.3 is 20.0 Å². The monoisotopic (exact) mass is 692 g/mol. The highest BCUT2D eigenvalue weighted by atomic mass is 35.5. The first-order chi connectivity index (χ1) is 23.5. The number of nitrogens with zero attached hydrogens (tertiary/aromatic N) is 3. The summed E-state index contributed by atoms with van der Waals surface area (Å²) >= 11 is 5.09. The van der Waals surface area contributed by atoms with E-state index in [1.165, 1.54) is 59.8 Å². The summed E-state index contributed by atoms with van der Waals surface area (Å²) < 4.78 is 25.3. The largest absolute Gasteiger partial charge is 0.384 e. The number of halogens is 3. The Hall–Kier alpha value is -4.11. The third kappa shape index (κ3) is 15.3. The molecule has 0 aliphatic rings. The zero-order valence-electron chi connectivity index (χ0n) is 29.7. The highest BCUT2D eigenvalue weighted by Crippen LogP contribution is 2.19. The summed E-state index contributed by atoms with van der Waals surface area (Å²) in [4.78, 5) is 29.8. The molecule has 0 atom stereocenters. The Kier molecular flexibility index (Phi) is 18.9. The second-order valence-corrected chi connectivity index (χ2v) is 11.8. The predicted molar refractivity (Wildman–Crippen MR) is 201 cm³/mol. The number of hydrogen-bond acceptors (Lipinski definition) is 5. The normalized spacial score (nSPS) is 10.5. The van der Waals surface area contributed by atoms with Crippen LogP contribution >= 0.6 is 11.6 Å². The number of likely N-dealkylation sites (N-methyl/N-ethyl adjacent to an activating group) is 2. The number of carbonyl (C=O) groups is 2. The highest BCUT2D eigenvalue weighted by molar-refractivity contribution is 6.67. The molecule has 4 aromatic carbocycles. The molecular weight excluding hydrogens is 642 g/mol. The van der Waals surface area contributed by atoms with Crippen LogP contribution in [0.3, 0.4) is 0 Å². The maximum Gasteiger partial charge on any atom is 0.258 e. The van der Waals surface area contributed by atoms with Crippen LogP contribution in [0.25, 0.3) is 0 Å². The average Bonchev–Trinajstić information content (AvgIpc) is 3.11. The SMILES string of the molecule is CCN(CC)CCN(C(=O)c1ccc(F)cc1)c1ccc(C)cc1.CCN(CC)CCNc1ccc(C)cc1.O=C(Cl)c1ccc(F)cc1. The van der Waals surface area contributed by atoms with Crippen molar-refractivity contribution in [3.05, 3.63) is 131 Å². The Morgan fingerprint density at radius 1 is 0.592 bits per heavy atom. The molecule has 0 aromatic heterocycles. The van der Waals surface area contributed by atoms with E-state index >= 15 is 0 Å². The van der Waals surface area contributed by atoms with Gasteiger partial charge >= 0.3 is 0 Å². The highest BCUT2D eigenvalue weighted by Gasteiger charge is 2.18. The van der Waals surface area contributed by atoms with Crippen molar-refractivity contribution in [2.24, 2.45) is 0 Å². The quantitative estimate of drug-likeness (QED) is 0.134. The van der Waals surface area contributed by atoms with E-state index in [2.05, 4.69) is 74.0 Å². The third-order valence-electron chi connectivity index (χ3n) is 7.99. The molecule has 49 heavy (non-hydrogen) atoms. The fourth-order valence-electron chi connectivity index (χ4n) is 4.75. The van der Waals surface area contributed by atoms with E-state index < -0.39 is 5.24 Å². The van der Waals surface area contributed by atoms with Crippen LogP contribution in [0.2, 0.25) is 0 Å². The topological polar surface area (TPSA) is 55.9 Å². The lowest BCUT2D eigenvalue weighted by atomic mass is 10.1. The zero-order valence-corrected chi connectivity index (χ0v) is 30.4. The number of carbonyl (C=O) groups excluding carboxylic acids is 2. The van der Waals surface area contributed by atoms with Gasteiger partial charge in [-0.25, -0.2) is 8.78 Å². The van der Waals surface area contributed by atoms with Crippen LogP contribution in [0.5, 0.6) is 0 Å². The van der Waals surface area contributed by atoms with E-state index in [1.54, 1.807) is 4.90 Å². The van der Waals surface area contributed by atoms with Crippen molar-refractivity contribution in [2.75, 3.05) is 62.6 Å². The van der Waals surface area contributed by atoms with Gasteiger partial charge in [0.15, 0.2) is 0 Å². The van der Waals surface area contributed by atoms with Crippen LogP contribution in [0, 0.1) is 25.5 Å². The Labute approximate surface area is 296 Å². The molecule has 0 saturated heterocycles. The summed E-state index contributed by atoms with van der Waals surface area (Å²) in [6, 6.07) is 27.2. The Morgan fingerprint density at radius 2 is 1.02 bits per heavy atom. The molecule has 0 radical (unpaired) electrons. The fourth-order valence-corrected chi connectivity index (χ4v) is 4.88. The minimum absolute atomic E-state index is 0.106. The second-order valence-electron chi connectivity index (χ2n) is 11.4. The molecule has 1 N–H and O–H groups in total. The lowest BCUT2D eigenvalue weighted by Gasteiger charge is -2.27. The molecule has 0 spiro atoms. The maximum atomic E-state index is 13.1. The molecule has 4 aromatic rings. The van der Waals surface area contributed by atoms with Crippen molar-refractivity contribution in [3.8, 4) is 0 Å². The number of amides is 1. The van der Waals surface area contributed by atoms with Crippen LogP contribution < -0.4 is 10.2 Å². The lowest BCUT2D eigenvalue weighted by molar-refractivity contribution is 0.0983. The first kappa shape index (κ1) is 41.1. The second kappa shape index (κ2) is 22.5. The third-order valence-corrected chi connectivity index (χ3v) is 8.21. The smallest absolute Gasteiger partial charge is 0.258 e. The lowest BCUT2D eigenvalue weighted by Crippen LogP contribution is -2.38.